The summed E-state index contributed by atoms with van der Waals surface area (Å²) in [7, 11) is 0. The van der Waals surface area contributed by atoms with Gasteiger partial charge < -0.3 is 4.98 Å². The average molecular weight is 260 g/mol. The molecular weight excluding hydrogens is 248 g/mol. The van der Waals surface area contributed by atoms with E-state index in [1.807, 2.05) is 24.5 Å². The molecule has 4 aromatic rings. The van der Waals surface area contributed by atoms with E-state index in [1.54, 1.807) is 6.33 Å². The molecule has 4 rings (SSSR count). The third kappa shape index (κ3) is 1.70. The lowest BCUT2D eigenvalue weighted by Crippen LogP contribution is -1.81. The van der Waals surface area contributed by atoms with Crippen LogP contribution in [0, 0.1) is 0 Å². The van der Waals surface area contributed by atoms with Gasteiger partial charge in [-0.1, -0.05) is 36.4 Å². The van der Waals surface area contributed by atoms with Crippen molar-refractivity contribution in [3.8, 4) is 22.4 Å². The van der Waals surface area contributed by atoms with E-state index < -0.39 is 0 Å². The molecule has 0 atom stereocenters. The van der Waals surface area contributed by atoms with E-state index in [0.29, 0.717) is 0 Å². The van der Waals surface area contributed by atoms with Crippen LogP contribution in [0.3, 0.4) is 0 Å². The Labute approximate surface area is 115 Å². The van der Waals surface area contributed by atoms with Gasteiger partial charge in [0.15, 0.2) is 0 Å². The molecule has 2 heterocycles. The smallest absolute Gasteiger partial charge is 0.0924 e. The number of aromatic nitrogens is 4. The first-order chi connectivity index (χ1) is 9.92. The average Bonchev–Trinajstić information content (AvgIpc) is 3.18. The van der Waals surface area contributed by atoms with E-state index in [2.05, 4.69) is 50.5 Å². The molecule has 0 saturated heterocycles. The van der Waals surface area contributed by atoms with E-state index in [-0.39, 0.29) is 0 Å². The molecule has 0 saturated carbocycles. The van der Waals surface area contributed by atoms with Crippen molar-refractivity contribution in [3.05, 3.63) is 61.2 Å². The molecule has 2 N–H and O–H groups in total. The fourth-order valence-electron chi connectivity index (χ4n) is 2.46. The Hall–Kier alpha value is -2.88. The van der Waals surface area contributed by atoms with E-state index in [9.17, 15) is 0 Å². The number of rotatable bonds is 2. The molecule has 0 amide bonds. The Bertz CT molecular complexity index is 842. The molecule has 96 valence electrons. The zero-order chi connectivity index (χ0) is 13.4. The fraction of sp³-hybridized carbons (Fsp3) is 0. The number of nitrogens with one attached hydrogen (secondary N) is 2. The molecule has 2 aromatic carbocycles. The monoisotopic (exact) mass is 260 g/mol. The SMILES string of the molecule is c1cc(-c2ccc(-c3cnc[nH]3)cc2)c2cn[nH]c2c1. The first kappa shape index (κ1) is 11.0. The summed E-state index contributed by atoms with van der Waals surface area (Å²) in [5.74, 6) is 0. The minimum atomic E-state index is 1.03. The highest BCUT2D eigenvalue weighted by Gasteiger charge is 2.05. The Morgan fingerprint density at radius 3 is 2.50 bits per heavy atom. The van der Waals surface area contributed by atoms with Gasteiger partial charge in [-0.2, -0.15) is 5.10 Å². The number of hydrogen-bond donors (Lipinski definition) is 2. The van der Waals surface area contributed by atoms with E-state index in [1.165, 1.54) is 11.1 Å². The van der Waals surface area contributed by atoms with Crippen LogP contribution in [0.15, 0.2) is 61.2 Å². The second-order valence-electron chi connectivity index (χ2n) is 4.68. The highest BCUT2D eigenvalue weighted by molar-refractivity contribution is 5.94. The number of fused-ring (bicyclic) bond motifs is 1. The summed E-state index contributed by atoms with van der Waals surface area (Å²) in [5.41, 5.74) is 5.58. The lowest BCUT2D eigenvalue weighted by molar-refractivity contribution is 1.12. The second kappa shape index (κ2) is 4.35. The first-order valence-electron chi connectivity index (χ1n) is 6.43. The van der Waals surface area contributed by atoms with Crippen molar-refractivity contribution < 1.29 is 0 Å². The first-order valence-corrected chi connectivity index (χ1v) is 6.43. The Balaban J connectivity index is 1.81. The van der Waals surface area contributed by atoms with Crippen LogP contribution >= 0.6 is 0 Å². The van der Waals surface area contributed by atoms with E-state index in [0.717, 1.165) is 22.2 Å². The summed E-state index contributed by atoms with van der Waals surface area (Å²) in [6.07, 6.45) is 5.38. The van der Waals surface area contributed by atoms with Gasteiger partial charge in [0.25, 0.3) is 0 Å². The highest BCUT2D eigenvalue weighted by Crippen LogP contribution is 2.29. The van der Waals surface area contributed by atoms with Gasteiger partial charge in [0.05, 0.1) is 29.9 Å². The fourth-order valence-corrected chi connectivity index (χ4v) is 2.46. The molecule has 0 radical (unpaired) electrons. The standard InChI is InChI=1S/C16H12N4/c1-2-13(14-8-19-20-15(14)3-1)11-4-6-12(7-5-11)16-9-17-10-18-16/h1-10H,(H,17,18)(H,19,20). The molecule has 0 fully saturated rings. The number of aromatic amines is 2. The minimum Gasteiger partial charge on any atom is -0.345 e. The van der Waals surface area contributed by atoms with Crippen molar-refractivity contribution in [2.75, 3.05) is 0 Å². The zero-order valence-corrected chi connectivity index (χ0v) is 10.7. The minimum absolute atomic E-state index is 1.03. The van der Waals surface area contributed by atoms with Crippen LogP contribution in [0.4, 0.5) is 0 Å². The summed E-state index contributed by atoms with van der Waals surface area (Å²) >= 11 is 0. The van der Waals surface area contributed by atoms with Gasteiger partial charge in [-0.15, -0.1) is 0 Å². The van der Waals surface area contributed by atoms with Gasteiger partial charge in [-0.3, -0.25) is 5.10 Å². The van der Waals surface area contributed by atoms with Gasteiger partial charge in [0.2, 0.25) is 0 Å². The van der Waals surface area contributed by atoms with Crippen molar-refractivity contribution >= 4 is 10.9 Å². The number of nitrogens with zero attached hydrogens (tertiary/aromatic N) is 2. The van der Waals surface area contributed by atoms with Gasteiger partial charge in [-0.25, -0.2) is 4.98 Å². The van der Waals surface area contributed by atoms with Gasteiger partial charge in [0.1, 0.15) is 0 Å². The number of imidazole rings is 1. The topological polar surface area (TPSA) is 57.4 Å². The molecular formula is C16H12N4. The van der Waals surface area contributed by atoms with Crippen LogP contribution < -0.4 is 0 Å². The van der Waals surface area contributed by atoms with Crippen molar-refractivity contribution in [2.45, 2.75) is 0 Å². The summed E-state index contributed by atoms with van der Waals surface area (Å²) in [6.45, 7) is 0. The quantitative estimate of drug-likeness (QED) is 0.578. The lowest BCUT2D eigenvalue weighted by atomic mass is 10.0. The van der Waals surface area contributed by atoms with Crippen molar-refractivity contribution in [1.29, 1.82) is 0 Å². The Kier molecular flexibility index (Phi) is 2.39. The Morgan fingerprint density at radius 1 is 0.850 bits per heavy atom. The molecule has 0 spiro atoms. The molecule has 4 nitrogen and oxygen atoms in total. The predicted octanol–water partition coefficient (Wildman–Crippen LogP) is 3.62. The molecule has 0 unspecified atom stereocenters. The molecule has 0 aliphatic rings. The lowest BCUT2D eigenvalue weighted by Gasteiger charge is -2.04. The molecule has 4 heteroatoms. The molecule has 2 aromatic heterocycles. The van der Waals surface area contributed by atoms with Crippen LogP contribution in [0.25, 0.3) is 33.3 Å². The zero-order valence-electron chi connectivity index (χ0n) is 10.7. The maximum atomic E-state index is 4.11. The second-order valence-corrected chi connectivity index (χ2v) is 4.68. The normalized spacial score (nSPS) is 11.0. The molecule has 20 heavy (non-hydrogen) atoms. The molecule has 0 aliphatic heterocycles. The van der Waals surface area contributed by atoms with E-state index >= 15 is 0 Å². The predicted molar refractivity (Wildman–Crippen MR) is 79.1 cm³/mol. The third-order valence-electron chi connectivity index (χ3n) is 3.49. The van der Waals surface area contributed by atoms with Crippen molar-refractivity contribution in [3.63, 3.8) is 0 Å². The largest absolute Gasteiger partial charge is 0.345 e. The summed E-state index contributed by atoms with van der Waals surface area (Å²) in [5, 5.41) is 8.25. The van der Waals surface area contributed by atoms with Crippen LogP contribution in [0.5, 0.6) is 0 Å². The van der Waals surface area contributed by atoms with Crippen LogP contribution in [0.2, 0.25) is 0 Å². The number of benzene rings is 2. The Morgan fingerprint density at radius 2 is 1.70 bits per heavy atom. The van der Waals surface area contributed by atoms with Gasteiger partial charge in [0, 0.05) is 5.39 Å². The van der Waals surface area contributed by atoms with Gasteiger partial charge >= 0.3 is 0 Å². The van der Waals surface area contributed by atoms with Crippen molar-refractivity contribution in [2.24, 2.45) is 0 Å². The van der Waals surface area contributed by atoms with Crippen molar-refractivity contribution in [1.82, 2.24) is 20.2 Å². The summed E-state index contributed by atoms with van der Waals surface area (Å²) in [4.78, 5) is 7.16. The van der Waals surface area contributed by atoms with Crippen LogP contribution in [-0.4, -0.2) is 20.2 Å². The summed E-state index contributed by atoms with van der Waals surface area (Å²) in [6, 6.07) is 14.6. The highest BCUT2D eigenvalue weighted by atomic mass is 15.1. The van der Waals surface area contributed by atoms with Crippen LogP contribution in [0.1, 0.15) is 0 Å². The summed E-state index contributed by atoms with van der Waals surface area (Å²) < 4.78 is 0. The number of H-pyrrole nitrogens is 2. The van der Waals surface area contributed by atoms with E-state index in [4.69, 9.17) is 0 Å². The maximum Gasteiger partial charge on any atom is 0.0924 e. The van der Waals surface area contributed by atoms with Crippen LogP contribution in [-0.2, 0) is 0 Å². The maximum absolute atomic E-state index is 4.11. The number of hydrogen-bond acceptors (Lipinski definition) is 2. The third-order valence-corrected chi connectivity index (χ3v) is 3.49. The molecule has 0 bridgehead atoms. The van der Waals surface area contributed by atoms with Gasteiger partial charge in [-0.05, 0) is 22.8 Å². The molecule has 0 aliphatic carbocycles.